The van der Waals surface area contributed by atoms with Crippen LogP contribution in [0.3, 0.4) is 0 Å². The van der Waals surface area contributed by atoms with E-state index in [0.29, 0.717) is 12.1 Å². The highest BCUT2D eigenvalue weighted by Crippen LogP contribution is 2.35. The predicted molar refractivity (Wildman–Crippen MR) is 69.0 cm³/mol. The van der Waals surface area contributed by atoms with Crippen molar-refractivity contribution in [2.75, 3.05) is 13.2 Å². The number of rotatable bonds is 5. The summed E-state index contributed by atoms with van der Waals surface area (Å²) in [6, 6.07) is 9.14. The summed E-state index contributed by atoms with van der Waals surface area (Å²) in [6.07, 6.45) is 4.14. The molecule has 0 saturated heterocycles. The topological polar surface area (TPSA) is 21.3 Å². The molecule has 1 aromatic carbocycles. The molecule has 92 valence electrons. The summed E-state index contributed by atoms with van der Waals surface area (Å²) >= 11 is 0. The van der Waals surface area contributed by atoms with Crippen molar-refractivity contribution >= 4 is 0 Å². The minimum atomic E-state index is 0.341. The van der Waals surface area contributed by atoms with Crippen LogP contribution >= 0.6 is 0 Å². The normalized spacial score (nSPS) is 27.1. The third-order valence-corrected chi connectivity index (χ3v) is 3.85. The maximum atomic E-state index is 6.11. The maximum absolute atomic E-state index is 6.11. The Morgan fingerprint density at radius 1 is 1.29 bits per heavy atom. The highest BCUT2D eigenvalue weighted by molar-refractivity contribution is 5.36. The summed E-state index contributed by atoms with van der Waals surface area (Å²) < 4.78 is 6.11. The Morgan fingerprint density at radius 3 is 2.88 bits per heavy atom. The van der Waals surface area contributed by atoms with E-state index in [2.05, 4.69) is 36.5 Å². The van der Waals surface area contributed by atoms with Gasteiger partial charge in [0.25, 0.3) is 0 Å². The fourth-order valence-corrected chi connectivity index (χ4v) is 2.72. The van der Waals surface area contributed by atoms with Crippen molar-refractivity contribution in [3.8, 4) is 0 Å². The monoisotopic (exact) mass is 231 g/mol. The quantitative estimate of drug-likeness (QED) is 0.841. The molecule has 2 aliphatic carbocycles. The summed E-state index contributed by atoms with van der Waals surface area (Å²) in [6.45, 7) is 4.13. The predicted octanol–water partition coefficient (Wildman–Crippen LogP) is 2.69. The highest BCUT2D eigenvalue weighted by atomic mass is 16.5. The first kappa shape index (κ1) is 11.2. The molecule has 0 spiro atoms. The molecule has 0 aromatic heterocycles. The van der Waals surface area contributed by atoms with E-state index in [1.54, 1.807) is 0 Å². The molecule has 2 nitrogen and oxygen atoms in total. The van der Waals surface area contributed by atoms with Crippen molar-refractivity contribution in [2.45, 2.75) is 38.3 Å². The van der Waals surface area contributed by atoms with E-state index in [0.717, 1.165) is 25.5 Å². The smallest absolute Gasteiger partial charge is 0.0810 e. The van der Waals surface area contributed by atoms with Gasteiger partial charge in [-0.05, 0) is 36.4 Å². The van der Waals surface area contributed by atoms with E-state index in [1.807, 2.05) is 0 Å². The molecule has 0 heterocycles. The van der Waals surface area contributed by atoms with Crippen LogP contribution in [0.5, 0.6) is 0 Å². The second-order valence-electron chi connectivity index (χ2n) is 5.25. The number of likely N-dealkylation sites (N-methyl/N-ethyl adjacent to an activating group) is 1. The summed E-state index contributed by atoms with van der Waals surface area (Å²) in [5, 5.41) is 3.57. The summed E-state index contributed by atoms with van der Waals surface area (Å²) in [4.78, 5) is 0. The van der Waals surface area contributed by atoms with Gasteiger partial charge in [0.05, 0.1) is 12.1 Å². The van der Waals surface area contributed by atoms with Gasteiger partial charge in [0, 0.05) is 13.0 Å². The average molecular weight is 231 g/mol. The van der Waals surface area contributed by atoms with Gasteiger partial charge >= 0.3 is 0 Å². The van der Waals surface area contributed by atoms with Crippen LogP contribution in [0.2, 0.25) is 0 Å². The molecule has 1 N–H and O–H groups in total. The Morgan fingerprint density at radius 2 is 2.12 bits per heavy atom. The van der Waals surface area contributed by atoms with Gasteiger partial charge in [-0.15, -0.1) is 0 Å². The fourth-order valence-electron chi connectivity index (χ4n) is 2.72. The van der Waals surface area contributed by atoms with Crippen molar-refractivity contribution in [3.05, 3.63) is 35.4 Å². The van der Waals surface area contributed by atoms with Crippen molar-refractivity contribution in [3.63, 3.8) is 0 Å². The zero-order chi connectivity index (χ0) is 11.7. The van der Waals surface area contributed by atoms with Gasteiger partial charge in [-0.2, -0.15) is 0 Å². The highest BCUT2D eigenvalue weighted by Gasteiger charge is 2.33. The number of nitrogens with one attached hydrogen (secondary N) is 1. The Hall–Kier alpha value is -0.860. The van der Waals surface area contributed by atoms with E-state index in [-0.39, 0.29) is 0 Å². The van der Waals surface area contributed by atoms with Gasteiger partial charge in [0.2, 0.25) is 0 Å². The van der Waals surface area contributed by atoms with Crippen molar-refractivity contribution in [2.24, 2.45) is 5.92 Å². The molecule has 0 bridgehead atoms. The molecule has 17 heavy (non-hydrogen) atoms. The largest absolute Gasteiger partial charge is 0.376 e. The van der Waals surface area contributed by atoms with Gasteiger partial charge in [0.1, 0.15) is 0 Å². The average Bonchev–Trinajstić information content (AvgIpc) is 3.11. The Bertz CT molecular complexity index is 386. The standard InChI is InChI=1S/C15H21NO/c1-2-16-15-13-6-4-3-5-12(13)9-14(15)17-10-11-7-8-11/h3-6,11,14-16H,2,7-10H2,1H3. The van der Waals surface area contributed by atoms with E-state index < -0.39 is 0 Å². The molecule has 3 rings (SSSR count). The summed E-state index contributed by atoms with van der Waals surface area (Å²) in [5.74, 6) is 0.848. The molecule has 0 radical (unpaired) electrons. The van der Waals surface area contributed by atoms with Crippen molar-refractivity contribution < 1.29 is 4.74 Å². The third-order valence-electron chi connectivity index (χ3n) is 3.85. The molecule has 2 aliphatic rings. The minimum Gasteiger partial charge on any atom is -0.376 e. The molecule has 1 fully saturated rings. The van der Waals surface area contributed by atoms with Gasteiger partial charge in [-0.25, -0.2) is 0 Å². The molecule has 1 saturated carbocycles. The van der Waals surface area contributed by atoms with Crippen LogP contribution in [0.1, 0.15) is 36.9 Å². The van der Waals surface area contributed by atoms with Crippen LogP contribution < -0.4 is 5.32 Å². The number of fused-ring (bicyclic) bond motifs is 1. The van der Waals surface area contributed by atoms with E-state index in [4.69, 9.17) is 4.74 Å². The lowest BCUT2D eigenvalue weighted by molar-refractivity contribution is 0.0286. The van der Waals surface area contributed by atoms with Crippen LogP contribution in [0.4, 0.5) is 0 Å². The lowest BCUT2D eigenvalue weighted by Crippen LogP contribution is -2.31. The van der Waals surface area contributed by atoms with Gasteiger partial charge in [0.15, 0.2) is 0 Å². The molecule has 1 aromatic rings. The molecular weight excluding hydrogens is 210 g/mol. The third kappa shape index (κ3) is 2.38. The first-order chi connectivity index (χ1) is 8.38. The maximum Gasteiger partial charge on any atom is 0.0810 e. The zero-order valence-corrected chi connectivity index (χ0v) is 10.5. The molecular formula is C15H21NO. The summed E-state index contributed by atoms with van der Waals surface area (Å²) in [5.41, 5.74) is 2.90. The minimum absolute atomic E-state index is 0.341. The van der Waals surface area contributed by atoms with Crippen LogP contribution in [0.25, 0.3) is 0 Å². The van der Waals surface area contributed by atoms with Crippen LogP contribution in [0.15, 0.2) is 24.3 Å². The van der Waals surface area contributed by atoms with Gasteiger partial charge in [-0.3, -0.25) is 0 Å². The Balaban J connectivity index is 1.71. The lowest BCUT2D eigenvalue weighted by Gasteiger charge is -2.21. The van der Waals surface area contributed by atoms with Crippen LogP contribution in [-0.4, -0.2) is 19.3 Å². The number of hydrogen-bond acceptors (Lipinski definition) is 2. The van der Waals surface area contributed by atoms with Crippen LogP contribution in [-0.2, 0) is 11.2 Å². The fraction of sp³-hybridized carbons (Fsp3) is 0.600. The SMILES string of the molecule is CCNC1c2ccccc2CC1OCC1CC1. The molecule has 0 amide bonds. The lowest BCUT2D eigenvalue weighted by atomic mass is 10.1. The number of benzene rings is 1. The van der Waals surface area contributed by atoms with Crippen molar-refractivity contribution in [1.82, 2.24) is 5.32 Å². The van der Waals surface area contributed by atoms with Gasteiger partial charge < -0.3 is 10.1 Å². The van der Waals surface area contributed by atoms with E-state index in [9.17, 15) is 0 Å². The van der Waals surface area contributed by atoms with E-state index >= 15 is 0 Å². The summed E-state index contributed by atoms with van der Waals surface area (Å²) in [7, 11) is 0. The Kier molecular flexibility index (Phi) is 3.17. The first-order valence-corrected chi connectivity index (χ1v) is 6.81. The number of hydrogen-bond donors (Lipinski definition) is 1. The first-order valence-electron chi connectivity index (χ1n) is 6.81. The zero-order valence-electron chi connectivity index (χ0n) is 10.5. The molecule has 0 aliphatic heterocycles. The van der Waals surface area contributed by atoms with Crippen LogP contribution in [0, 0.1) is 5.92 Å². The second-order valence-corrected chi connectivity index (χ2v) is 5.25. The van der Waals surface area contributed by atoms with Gasteiger partial charge in [-0.1, -0.05) is 31.2 Å². The molecule has 2 atom stereocenters. The Labute approximate surface area is 103 Å². The number of ether oxygens (including phenoxy) is 1. The van der Waals surface area contributed by atoms with E-state index in [1.165, 1.54) is 24.0 Å². The second kappa shape index (κ2) is 4.79. The molecule has 2 unspecified atom stereocenters. The van der Waals surface area contributed by atoms with Crippen molar-refractivity contribution in [1.29, 1.82) is 0 Å². The molecule has 2 heteroatoms.